The van der Waals surface area contributed by atoms with Crippen molar-refractivity contribution in [2.45, 2.75) is 38.1 Å². The zero-order valence-electron chi connectivity index (χ0n) is 19.5. The van der Waals surface area contributed by atoms with Crippen LogP contribution in [0.4, 0.5) is 0 Å². The number of rotatable bonds is 9. The maximum Gasteiger partial charge on any atom is 0.325 e. The summed E-state index contributed by atoms with van der Waals surface area (Å²) >= 11 is 13.7. The molecule has 3 rings (SSSR count). The number of benzene rings is 2. The molecule has 0 aliphatic heterocycles. The normalized spacial score (nSPS) is 12.5. The molecule has 12 heteroatoms. The van der Waals surface area contributed by atoms with E-state index in [0.717, 1.165) is 0 Å². The number of halogens is 2. The van der Waals surface area contributed by atoms with E-state index < -0.39 is 21.9 Å². The highest BCUT2D eigenvalue weighted by Gasteiger charge is 2.23. The van der Waals surface area contributed by atoms with Crippen LogP contribution in [-0.4, -0.2) is 49.4 Å². The summed E-state index contributed by atoms with van der Waals surface area (Å²) in [6.07, 6.45) is 1.40. The summed E-state index contributed by atoms with van der Waals surface area (Å²) in [6, 6.07) is 9.01. The molecule has 0 aliphatic rings. The van der Waals surface area contributed by atoms with Gasteiger partial charge in [0, 0.05) is 18.7 Å². The fraction of sp³-hybridized carbons (Fsp3) is 0.348. The van der Waals surface area contributed by atoms with Crippen LogP contribution in [0.2, 0.25) is 10.0 Å². The van der Waals surface area contributed by atoms with Crippen LogP contribution >= 0.6 is 34.5 Å². The first-order valence-electron chi connectivity index (χ1n) is 10.9. The molecule has 3 aromatic rings. The van der Waals surface area contributed by atoms with Crippen molar-refractivity contribution in [1.82, 2.24) is 8.87 Å². The smallest absolute Gasteiger partial charge is 0.325 e. The fourth-order valence-electron chi connectivity index (χ4n) is 3.45. The van der Waals surface area contributed by atoms with Gasteiger partial charge in [-0.2, -0.15) is 9.30 Å². The van der Waals surface area contributed by atoms with Crippen LogP contribution in [0, 0.1) is 0 Å². The second-order valence-electron chi connectivity index (χ2n) is 7.60. The standard InChI is InChI=1S/C23H25Cl2N3O5S2/c1-4-12-27(13-5-2)35(31,32)16-8-6-15(7-9-16)22(30)26-23-28(14-19(29)33-3)21-18(34-23)11-10-17(24)20(21)25/h6-11H,4-5,12-14H2,1-3H3. The number of methoxy groups -OCH3 is 1. The average molecular weight is 559 g/mol. The average Bonchev–Trinajstić information content (AvgIpc) is 3.18. The molecule has 0 saturated heterocycles. The van der Waals surface area contributed by atoms with Crippen molar-refractivity contribution in [2.24, 2.45) is 4.99 Å². The van der Waals surface area contributed by atoms with Crippen LogP contribution in [0.25, 0.3) is 10.2 Å². The maximum absolute atomic E-state index is 13.0. The van der Waals surface area contributed by atoms with Gasteiger partial charge in [-0.25, -0.2) is 8.42 Å². The largest absolute Gasteiger partial charge is 0.468 e. The molecule has 0 N–H and O–H groups in total. The molecular formula is C23H25Cl2N3O5S2. The van der Waals surface area contributed by atoms with Crippen molar-refractivity contribution in [3.63, 3.8) is 0 Å². The minimum atomic E-state index is -3.67. The third-order valence-electron chi connectivity index (χ3n) is 5.13. The van der Waals surface area contributed by atoms with Crippen molar-refractivity contribution in [3.05, 3.63) is 56.8 Å². The first kappa shape index (κ1) is 27.3. The summed E-state index contributed by atoms with van der Waals surface area (Å²) in [5.74, 6) is -1.15. The van der Waals surface area contributed by atoms with Crippen molar-refractivity contribution in [1.29, 1.82) is 0 Å². The third kappa shape index (κ3) is 5.95. The minimum Gasteiger partial charge on any atom is -0.468 e. The molecule has 1 aromatic heterocycles. The molecule has 0 aliphatic carbocycles. The molecular weight excluding hydrogens is 533 g/mol. The van der Waals surface area contributed by atoms with Crippen LogP contribution in [0.1, 0.15) is 37.0 Å². The maximum atomic E-state index is 13.0. The predicted molar refractivity (Wildman–Crippen MR) is 138 cm³/mol. The minimum absolute atomic E-state index is 0.111. The lowest BCUT2D eigenvalue weighted by atomic mass is 10.2. The van der Waals surface area contributed by atoms with Gasteiger partial charge >= 0.3 is 5.97 Å². The predicted octanol–water partition coefficient (Wildman–Crippen LogP) is 4.73. The molecule has 188 valence electrons. The molecule has 1 heterocycles. The SMILES string of the molecule is CCCN(CCC)S(=O)(=O)c1ccc(C(=O)N=c2sc3ccc(Cl)c(Cl)c3n2CC(=O)OC)cc1. The van der Waals surface area contributed by atoms with Crippen molar-refractivity contribution in [3.8, 4) is 0 Å². The number of carbonyl (C=O) groups is 2. The lowest BCUT2D eigenvalue weighted by Gasteiger charge is -2.21. The van der Waals surface area contributed by atoms with E-state index in [1.54, 1.807) is 12.1 Å². The van der Waals surface area contributed by atoms with Crippen LogP contribution < -0.4 is 4.80 Å². The quantitative estimate of drug-likeness (QED) is 0.354. The van der Waals surface area contributed by atoms with E-state index in [4.69, 9.17) is 27.9 Å². The molecule has 1 amide bonds. The van der Waals surface area contributed by atoms with Crippen molar-refractivity contribution >= 4 is 66.7 Å². The van der Waals surface area contributed by atoms with Gasteiger partial charge in [0.25, 0.3) is 5.91 Å². The summed E-state index contributed by atoms with van der Waals surface area (Å²) in [7, 11) is -2.41. The highest BCUT2D eigenvalue weighted by Crippen LogP contribution is 2.32. The second kappa shape index (κ2) is 11.7. The molecule has 2 aromatic carbocycles. The van der Waals surface area contributed by atoms with Gasteiger partial charge in [0.1, 0.15) is 6.54 Å². The van der Waals surface area contributed by atoms with Gasteiger partial charge in [0.15, 0.2) is 4.80 Å². The van der Waals surface area contributed by atoms with Gasteiger partial charge in [-0.05, 0) is 49.2 Å². The summed E-state index contributed by atoms with van der Waals surface area (Å²) < 4.78 is 34.3. The number of fused-ring (bicyclic) bond motifs is 1. The summed E-state index contributed by atoms with van der Waals surface area (Å²) in [5, 5.41) is 0.530. The van der Waals surface area contributed by atoms with Crippen LogP contribution in [0.5, 0.6) is 0 Å². The first-order valence-corrected chi connectivity index (χ1v) is 13.9. The van der Waals surface area contributed by atoms with Crippen molar-refractivity contribution in [2.75, 3.05) is 20.2 Å². The summed E-state index contributed by atoms with van der Waals surface area (Å²) in [6.45, 7) is 4.46. The molecule has 0 spiro atoms. The van der Waals surface area contributed by atoms with Gasteiger partial charge in [-0.15, -0.1) is 0 Å². The molecule has 35 heavy (non-hydrogen) atoms. The van der Waals surface area contributed by atoms with Gasteiger partial charge in [-0.3, -0.25) is 9.59 Å². The van der Waals surface area contributed by atoms with Gasteiger partial charge in [0.2, 0.25) is 10.0 Å². The number of hydrogen-bond donors (Lipinski definition) is 0. The van der Waals surface area contributed by atoms with E-state index in [1.807, 2.05) is 13.8 Å². The topological polar surface area (TPSA) is 98.0 Å². The van der Waals surface area contributed by atoms with Gasteiger partial charge in [-0.1, -0.05) is 48.4 Å². The Kier molecular flexibility index (Phi) is 9.11. The van der Waals surface area contributed by atoms with E-state index in [1.165, 1.54) is 51.6 Å². The lowest BCUT2D eigenvalue weighted by Crippen LogP contribution is -2.32. The number of carbonyl (C=O) groups excluding carboxylic acids is 2. The Balaban J connectivity index is 2.01. The Hall–Kier alpha value is -2.24. The number of thiazole rings is 1. The number of esters is 1. The van der Waals surface area contributed by atoms with Gasteiger partial charge in [0.05, 0.1) is 32.3 Å². The lowest BCUT2D eigenvalue weighted by molar-refractivity contribution is -0.141. The number of hydrogen-bond acceptors (Lipinski definition) is 6. The number of nitrogens with zero attached hydrogens (tertiary/aromatic N) is 3. The van der Waals surface area contributed by atoms with Crippen LogP contribution in [-0.2, 0) is 26.1 Å². The summed E-state index contributed by atoms with van der Waals surface area (Å²) in [5.41, 5.74) is 0.669. The Morgan fingerprint density at radius 2 is 1.69 bits per heavy atom. The zero-order valence-corrected chi connectivity index (χ0v) is 22.6. The number of aromatic nitrogens is 1. The highest BCUT2D eigenvalue weighted by atomic mass is 35.5. The summed E-state index contributed by atoms with van der Waals surface area (Å²) in [4.78, 5) is 29.5. The number of amides is 1. The molecule has 8 nitrogen and oxygen atoms in total. The zero-order chi connectivity index (χ0) is 25.8. The molecule has 0 fully saturated rings. The number of sulfonamides is 1. The van der Waals surface area contributed by atoms with E-state index in [2.05, 4.69) is 4.99 Å². The third-order valence-corrected chi connectivity index (χ3v) is 8.88. The Morgan fingerprint density at radius 1 is 1.06 bits per heavy atom. The number of ether oxygens (including phenoxy) is 1. The molecule has 0 saturated carbocycles. The van der Waals surface area contributed by atoms with E-state index >= 15 is 0 Å². The molecule has 0 bridgehead atoms. The Labute approximate surface area is 217 Å². The second-order valence-corrected chi connectivity index (χ2v) is 11.3. The monoisotopic (exact) mass is 557 g/mol. The molecule has 0 atom stereocenters. The Morgan fingerprint density at radius 3 is 2.26 bits per heavy atom. The first-order chi connectivity index (χ1) is 16.6. The highest BCUT2D eigenvalue weighted by molar-refractivity contribution is 7.89. The van der Waals surface area contributed by atoms with E-state index in [9.17, 15) is 18.0 Å². The van der Waals surface area contributed by atoms with E-state index in [0.29, 0.717) is 41.2 Å². The van der Waals surface area contributed by atoms with Crippen molar-refractivity contribution < 1.29 is 22.7 Å². The van der Waals surface area contributed by atoms with Crippen LogP contribution in [0.15, 0.2) is 46.3 Å². The molecule has 0 unspecified atom stereocenters. The van der Waals surface area contributed by atoms with Gasteiger partial charge < -0.3 is 9.30 Å². The van der Waals surface area contributed by atoms with Crippen LogP contribution in [0.3, 0.4) is 0 Å². The van der Waals surface area contributed by atoms with E-state index in [-0.39, 0.29) is 26.8 Å². The Bertz CT molecular complexity index is 1410. The molecule has 0 radical (unpaired) electrons. The fourth-order valence-corrected chi connectivity index (χ4v) is 6.59.